The van der Waals surface area contributed by atoms with Gasteiger partial charge in [0.25, 0.3) is 0 Å². The summed E-state index contributed by atoms with van der Waals surface area (Å²) in [6, 6.07) is 5.61. The molecule has 0 bridgehead atoms. The molecule has 0 aromatic heterocycles. The zero-order valence-electron chi connectivity index (χ0n) is 9.83. The summed E-state index contributed by atoms with van der Waals surface area (Å²) in [7, 11) is 0. The number of phenols is 1. The highest BCUT2D eigenvalue weighted by Crippen LogP contribution is 2.43. The molecule has 0 saturated carbocycles. The second-order valence-corrected chi connectivity index (χ2v) is 5.20. The molecule has 2 heteroatoms. The Kier molecular flexibility index (Phi) is 2.18. The summed E-state index contributed by atoms with van der Waals surface area (Å²) in [5, 5.41) is 13.0. The third-order valence-electron chi connectivity index (χ3n) is 3.87. The predicted molar refractivity (Wildman–Crippen MR) is 63.4 cm³/mol. The van der Waals surface area contributed by atoms with E-state index >= 15 is 0 Å². The highest BCUT2D eigenvalue weighted by Gasteiger charge is 2.36. The van der Waals surface area contributed by atoms with E-state index < -0.39 is 0 Å². The number of benzene rings is 1. The number of rotatable bonds is 0. The maximum atomic E-state index is 9.47. The fraction of sp³-hybridized carbons (Fsp3) is 0.538. The van der Waals surface area contributed by atoms with Crippen LogP contribution in [0.15, 0.2) is 18.2 Å². The van der Waals surface area contributed by atoms with Gasteiger partial charge in [-0.25, -0.2) is 0 Å². The molecule has 1 aliphatic rings. The van der Waals surface area contributed by atoms with Crippen molar-refractivity contribution in [2.24, 2.45) is 5.92 Å². The zero-order valence-corrected chi connectivity index (χ0v) is 9.83. The van der Waals surface area contributed by atoms with Crippen LogP contribution >= 0.6 is 0 Å². The van der Waals surface area contributed by atoms with Crippen LogP contribution < -0.4 is 5.32 Å². The summed E-state index contributed by atoms with van der Waals surface area (Å²) in [6.07, 6.45) is 0. The monoisotopic (exact) mass is 205 g/mol. The van der Waals surface area contributed by atoms with Crippen LogP contribution in [0, 0.1) is 5.92 Å². The fourth-order valence-electron chi connectivity index (χ4n) is 2.40. The molecule has 15 heavy (non-hydrogen) atoms. The quantitative estimate of drug-likeness (QED) is 0.681. The molecule has 1 aromatic rings. The van der Waals surface area contributed by atoms with Crippen LogP contribution in [-0.4, -0.2) is 10.6 Å². The number of fused-ring (bicyclic) bond motifs is 1. The van der Waals surface area contributed by atoms with Crippen molar-refractivity contribution in [3.63, 3.8) is 0 Å². The summed E-state index contributed by atoms with van der Waals surface area (Å²) >= 11 is 0. The van der Waals surface area contributed by atoms with Gasteiger partial charge >= 0.3 is 0 Å². The van der Waals surface area contributed by atoms with E-state index in [2.05, 4.69) is 33.0 Å². The second-order valence-electron chi connectivity index (χ2n) is 5.20. The standard InChI is InChI=1S/C13H19NO/c1-8-9(2)13(3,4)14-12-7-10(15)5-6-11(8)12/h5-9,14-15H,1-4H3. The lowest BCUT2D eigenvalue weighted by Gasteiger charge is -2.43. The number of nitrogens with one attached hydrogen (secondary N) is 1. The molecule has 2 unspecified atom stereocenters. The van der Waals surface area contributed by atoms with E-state index in [0.717, 1.165) is 5.69 Å². The Morgan fingerprint density at radius 2 is 1.93 bits per heavy atom. The molecule has 0 fully saturated rings. The fourth-order valence-corrected chi connectivity index (χ4v) is 2.40. The van der Waals surface area contributed by atoms with Crippen molar-refractivity contribution < 1.29 is 5.11 Å². The van der Waals surface area contributed by atoms with Gasteiger partial charge in [0.15, 0.2) is 0 Å². The molecule has 2 nitrogen and oxygen atoms in total. The maximum Gasteiger partial charge on any atom is 0.117 e. The first-order valence-corrected chi connectivity index (χ1v) is 5.53. The molecule has 2 N–H and O–H groups in total. The number of phenolic OH excluding ortho intramolecular Hbond substituents is 1. The summed E-state index contributed by atoms with van der Waals surface area (Å²) < 4.78 is 0. The minimum atomic E-state index is 0.0835. The molecule has 0 saturated heterocycles. The molecule has 2 rings (SSSR count). The molecule has 0 aliphatic carbocycles. The average Bonchev–Trinajstić information content (AvgIpc) is 2.13. The summed E-state index contributed by atoms with van der Waals surface area (Å²) in [6.45, 7) is 8.94. The van der Waals surface area contributed by atoms with E-state index in [-0.39, 0.29) is 5.54 Å². The van der Waals surface area contributed by atoms with Gasteiger partial charge in [-0.3, -0.25) is 0 Å². The van der Waals surface area contributed by atoms with Gasteiger partial charge in [0.2, 0.25) is 0 Å². The van der Waals surface area contributed by atoms with E-state index in [0.29, 0.717) is 17.6 Å². The van der Waals surface area contributed by atoms with Gasteiger partial charge in [-0.15, -0.1) is 0 Å². The van der Waals surface area contributed by atoms with E-state index in [1.165, 1.54) is 5.56 Å². The van der Waals surface area contributed by atoms with Crippen LogP contribution in [0.5, 0.6) is 5.75 Å². The van der Waals surface area contributed by atoms with Crippen molar-refractivity contribution in [2.45, 2.75) is 39.2 Å². The van der Waals surface area contributed by atoms with Gasteiger partial charge < -0.3 is 10.4 Å². The Hall–Kier alpha value is -1.18. The van der Waals surface area contributed by atoms with Crippen LogP contribution in [-0.2, 0) is 0 Å². The Bertz CT molecular complexity index is 384. The Labute approximate surface area is 91.3 Å². The normalized spacial score (nSPS) is 28.0. The highest BCUT2D eigenvalue weighted by atomic mass is 16.3. The van der Waals surface area contributed by atoms with Crippen molar-refractivity contribution in [1.82, 2.24) is 0 Å². The number of hydrogen-bond donors (Lipinski definition) is 2. The van der Waals surface area contributed by atoms with Crippen molar-refractivity contribution in [3.05, 3.63) is 23.8 Å². The van der Waals surface area contributed by atoms with Gasteiger partial charge in [-0.2, -0.15) is 0 Å². The van der Waals surface area contributed by atoms with Crippen LogP contribution in [0.1, 0.15) is 39.2 Å². The van der Waals surface area contributed by atoms with Gasteiger partial charge in [0, 0.05) is 17.3 Å². The molecule has 82 valence electrons. The van der Waals surface area contributed by atoms with Crippen molar-refractivity contribution in [3.8, 4) is 5.75 Å². The summed E-state index contributed by atoms with van der Waals surface area (Å²) in [5.41, 5.74) is 2.46. The van der Waals surface area contributed by atoms with Crippen molar-refractivity contribution in [1.29, 1.82) is 0 Å². The van der Waals surface area contributed by atoms with E-state index in [4.69, 9.17) is 0 Å². The van der Waals surface area contributed by atoms with Gasteiger partial charge in [-0.1, -0.05) is 19.9 Å². The smallest absolute Gasteiger partial charge is 0.117 e. The maximum absolute atomic E-state index is 9.47. The molecule has 1 aliphatic heterocycles. The molecule has 2 atom stereocenters. The lowest BCUT2D eigenvalue weighted by molar-refractivity contribution is 0.315. The largest absolute Gasteiger partial charge is 0.508 e. The Morgan fingerprint density at radius 1 is 1.27 bits per heavy atom. The van der Waals surface area contributed by atoms with Gasteiger partial charge in [-0.05, 0) is 37.3 Å². The number of anilines is 1. The van der Waals surface area contributed by atoms with Gasteiger partial charge in [0.1, 0.15) is 5.75 Å². The second kappa shape index (κ2) is 3.16. The predicted octanol–water partition coefficient (Wildman–Crippen LogP) is 3.34. The summed E-state index contributed by atoms with van der Waals surface area (Å²) in [5.74, 6) is 1.44. The minimum absolute atomic E-state index is 0.0835. The molecule has 1 aromatic carbocycles. The topological polar surface area (TPSA) is 32.3 Å². The number of hydrogen-bond acceptors (Lipinski definition) is 2. The minimum Gasteiger partial charge on any atom is -0.508 e. The molecule has 1 heterocycles. The molecular formula is C13H19NO. The van der Waals surface area contributed by atoms with E-state index in [1.54, 1.807) is 6.07 Å². The van der Waals surface area contributed by atoms with Crippen LogP contribution in [0.2, 0.25) is 0 Å². The van der Waals surface area contributed by atoms with Crippen molar-refractivity contribution >= 4 is 5.69 Å². The van der Waals surface area contributed by atoms with E-state index in [1.807, 2.05) is 12.1 Å². The van der Waals surface area contributed by atoms with E-state index in [9.17, 15) is 5.11 Å². The lowest BCUT2D eigenvalue weighted by atomic mass is 9.73. The molecular weight excluding hydrogens is 186 g/mol. The van der Waals surface area contributed by atoms with Crippen LogP contribution in [0.3, 0.4) is 0 Å². The Morgan fingerprint density at radius 3 is 2.60 bits per heavy atom. The Balaban J connectivity index is 2.50. The lowest BCUT2D eigenvalue weighted by Crippen LogP contribution is -2.44. The first-order chi connectivity index (χ1) is 6.92. The van der Waals surface area contributed by atoms with Crippen LogP contribution in [0.4, 0.5) is 5.69 Å². The first-order valence-electron chi connectivity index (χ1n) is 5.53. The van der Waals surface area contributed by atoms with Crippen LogP contribution in [0.25, 0.3) is 0 Å². The van der Waals surface area contributed by atoms with Gasteiger partial charge in [0.05, 0.1) is 0 Å². The highest BCUT2D eigenvalue weighted by molar-refractivity contribution is 5.60. The molecule has 0 amide bonds. The average molecular weight is 205 g/mol. The third kappa shape index (κ3) is 1.58. The molecule has 0 radical (unpaired) electrons. The first kappa shape index (κ1) is 10.3. The zero-order chi connectivity index (χ0) is 11.2. The number of aromatic hydroxyl groups is 1. The molecule has 0 spiro atoms. The SMILES string of the molecule is CC1c2ccc(O)cc2NC(C)(C)C1C. The van der Waals surface area contributed by atoms with Crippen molar-refractivity contribution in [2.75, 3.05) is 5.32 Å². The third-order valence-corrected chi connectivity index (χ3v) is 3.87. The summed E-state index contributed by atoms with van der Waals surface area (Å²) in [4.78, 5) is 0.